The number of carbonyl (C=O) groups is 2. The van der Waals surface area contributed by atoms with Crippen molar-refractivity contribution in [3.05, 3.63) is 93.3 Å². The maximum atomic E-state index is 12.7. The molecule has 0 bridgehead atoms. The monoisotopic (exact) mass is 549 g/mol. The number of hydrogen-bond donors (Lipinski definition) is 0. The number of ether oxygens (including phenoxy) is 1. The third-order valence-electron chi connectivity index (χ3n) is 4.77. The predicted octanol–water partition coefficient (Wildman–Crippen LogP) is 5.88. The van der Waals surface area contributed by atoms with Gasteiger partial charge in [0.2, 0.25) is 0 Å². The average Bonchev–Trinajstić information content (AvgIpc) is 3.09. The first-order chi connectivity index (χ1) is 16.7. The molecule has 0 unspecified atom stereocenters. The molecule has 1 heterocycles. The molecule has 35 heavy (non-hydrogen) atoms. The minimum absolute atomic E-state index is 0.0295. The molecule has 7 nitrogen and oxygen atoms in total. The van der Waals surface area contributed by atoms with E-state index in [0.717, 1.165) is 16.7 Å². The van der Waals surface area contributed by atoms with Crippen molar-refractivity contribution in [2.75, 3.05) is 13.2 Å². The molecule has 0 radical (unpaired) electrons. The first kappa shape index (κ1) is 25.1. The molecule has 0 saturated carbocycles. The summed E-state index contributed by atoms with van der Waals surface area (Å²) in [6.45, 7) is 0.172. The Morgan fingerprint density at radius 1 is 0.914 bits per heavy atom. The highest BCUT2D eigenvalue weighted by atomic mass is 35.5. The number of para-hydroxylation sites is 1. The van der Waals surface area contributed by atoms with Crippen LogP contribution in [0.2, 0.25) is 10.0 Å². The fraction of sp³-hybridized carbons (Fsp3) is 0.0833. The van der Waals surface area contributed by atoms with Crippen molar-refractivity contribution in [3.8, 4) is 11.5 Å². The summed E-state index contributed by atoms with van der Waals surface area (Å²) in [5.74, 6) is 0.132. The summed E-state index contributed by atoms with van der Waals surface area (Å²) in [6, 6.07) is 18.6. The van der Waals surface area contributed by atoms with Gasteiger partial charge in [-0.05, 0) is 71.9 Å². The molecular formula is C24H17Cl2NO6S2. The molecule has 3 aromatic carbocycles. The van der Waals surface area contributed by atoms with E-state index in [0.29, 0.717) is 21.4 Å². The van der Waals surface area contributed by atoms with Crippen LogP contribution in [0, 0.1) is 0 Å². The molecule has 1 saturated heterocycles. The SMILES string of the molecule is O=C1S/C(=C\c2ccc(OS(=O)(=O)c3ccc(Cl)cc3)cc2)C(=O)N1CCOc1ccccc1Cl. The van der Waals surface area contributed by atoms with Gasteiger partial charge in [0.15, 0.2) is 0 Å². The van der Waals surface area contributed by atoms with Gasteiger partial charge in [0.25, 0.3) is 11.1 Å². The summed E-state index contributed by atoms with van der Waals surface area (Å²) in [4.78, 5) is 26.3. The average molecular weight is 550 g/mol. The van der Waals surface area contributed by atoms with Crippen LogP contribution in [0.4, 0.5) is 4.79 Å². The smallest absolute Gasteiger partial charge is 0.339 e. The quantitative estimate of drug-likeness (QED) is 0.256. The van der Waals surface area contributed by atoms with Crippen LogP contribution >= 0.6 is 35.0 Å². The Bertz CT molecular complexity index is 1390. The fourth-order valence-corrected chi connectivity index (χ4v) is 5.16. The minimum Gasteiger partial charge on any atom is -0.490 e. The van der Waals surface area contributed by atoms with Crippen LogP contribution in [0.3, 0.4) is 0 Å². The lowest BCUT2D eigenvalue weighted by Crippen LogP contribution is -2.32. The van der Waals surface area contributed by atoms with E-state index in [-0.39, 0.29) is 28.7 Å². The Hall–Kier alpha value is -2.98. The van der Waals surface area contributed by atoms with E-state index < -0.39 is 21.3 Å². The molecule has 1 aliphatic rings. The number of hydrogen-bond acceptors (Lipinski definition) is 7. The van der Waals surface area contributed by atoms with Crippen LogP contribution in [0.5, 0.6) is 11.5 Å². The Kier molecular flexibility index (Phi) is 7.71. The van der Waals surface area contributed by atoms with E-state index in [1.807, 2.05) is 0 Å². The molecule has 0 atom stereocenters. The standard InChI is InChI=1S/C24H17Cl2NO6S2/c25-17-7-11-19(12-8-17)35(30,31)33-18-9-5-16(6-10-18)15-22-23(28)27(24(29)34-22)13-14-32-21-4-2-1-3-20(21)26/h1-12,15H,13-14H2/b22-15-. The van der Waals surface area contributed by atoms with Crippen molar-refractivity contribution in [1.29, 1.82) is 0 Å². The van der Waals surface area contributed by atoms with Gasteiger partial charge in [-0.15, -0.1) is 0 Å². The molecule has 11 heteroatoms. The number of imide groups is 1. The van der Waals surface area contributed by atoms with Crippen LogP contribution in [0.1, 0.15) is 5.56 Å². The van der Waals surface area contributed by atoms with Gasteiger partial charge < -0.3 is 8.92 Å². The van der Waals surface area contributed by atoms with Crippen molar-refractivity contribution in [3.63, 3.8) is 0 Å². The summed E-state index contributed by atoms with van der Waals surface area (Å²) in [5, 5.41) is 0.443. The molecule has 1 aliphatic heterocycles. The third kappa shape index (κ3) is 6.18. The molecule has 3 aromatic rings. The molecule has 0 aromatic heterocycles. The Morgan fingerprint density at radius 2 is 1.60 bits per heavy atom. The second-order valence-corrected chi connectivity index (χ2v) is 10.6. The zero-order chi connectivity index (χ0) is 25.0. The molecule has 0 spiro atoms. The Labute approximate surface area is 216 Å². The Balaban J connectivity index is 1.38. The summed E-state index contributed by atoms with van der Waals surface area (Å²) in [7, 11) is -4.02. The van der Waals surface area contributed by atoms with Crippen LogP contribution in [-0.2, 0) is 14.9 Å². The van der Waals surface area contributed by atoms with Gasteiger partial charge in [0.1, 0.15) is 23.0 Å². The number of amides is 2. The van der Waals surface area contributed by atoms with Gasteiger partial charge in [0, 0.05) is 5.02 Å². The van der Waals surface area contributed by atoms with Gasteiger partial charge in [0.05, 0.1) is 16.5 Å². The van der Waals surface area contributed by atoms with Crippen LogP contribution < -0.4 is 8.92 Å². The number of carbonyl (C=O) groups excluding carboxylic acids is 2. The number of benzene rings is 3. The maximum absolute atomic E-state index is 12.7. The third-order valence-corrected chi connectivity index (χ3v) is 7.50. The van der Waals surface area contributed by atoms with Crippen molar-refractivity contribution < 1.29 is 26.9 Å². The molecule has 1 fully saturated rings. The van der Waals surface area contributed by atoms with Gasteiger partial charge in [-0.25, -0.2) is 0 Å². The van der Waals surface area contributed by atoms with Gasteiger partial charge >= 0.3 is 10.1 Å². The maximum Gasteiger partial charge on any atom is 0.339 e. The number of thioether (sulfide) groups is 1. The fourth-order valence-electron chi connectivity index (χ4n) is 3.05. The topological polar surface area (TPSA) is 90.0 Å². The zero-order valence-corrected chi connectivity index (χ0v) is 21.0. The number of nitrogens with zero attached hydrogens (tertiary/aromatic N) is 1. The highest BCUT2D eigenvalue weighted by Crippen LogP contribution is 2.32. The minimum atomic E-state index is -4.02. The van der Waals surface area contributed by atoms with Crippen molar-refractivity contribution in [2.24, 2.45) is 0 Å². The molecule has 2 amide bonds. The predicted molar refractivity (Wildman–Crippen MR) is 135 cm³/mol. The summed E-state index contributed by atoms with van der Waals surface area (Å²) in [5.41, 5.74) is 0.596. The summed E-state index contributed by atoms with van der Waals surface area (Å²) >= 11 is 12.7. The molecule has 0 N–H and O–H groups in total. The van der Waals surface area contributed by atoms with E-state index in [1.54, 1.807) is 42.5 Å². The first-order valence-electron chi connectivity index (χ1n) is 10.2. The Morgan fingerprint density at radius 3 is 2.29 bits per heavy atom. The number of halogens is 2. The molecule has 180 valence electrons. The van der Waals surface area contributed by atoms with Crippen molar-refractivity contribution in [2.45, 2.75) is 4.90 Å². The van der Waals surface area contributed by atoms with Crippen LogP contribution in [0.15, 0.2) is 82.6 Å². The second-order valence-electron chi connectivity index (χ2n) is 7.17. The van der Waals surface area contributed by atoms with E-state index >= 15 is 0 Å². The lowest BCUT2D eigenvalue weighted by molar-refractivity contribution is -0.123. The molecular weight excluding hydrogens is 533 g/mol. The van der Waals surface area contributed by atoms with E-state index in [1.165, 1.54) is 36.4 Å². The number of rotatable bonds is 8. The highest BCUT2D eigenvalue weighted by molar-refractivity contribution is 8.18. The van der Waals surface area contributed by atoms with Gasteiger partial charge in [-0.1, -0.05) is 47.5 Å². The van der Waals surface area contributed by atoms with Gasteiger partial charge in [-0.3, -0.25) is 14.5 Å². The summed E-state index contributed by atoms with van der Waals surface area (Å²) < 4.78 is 35.5. The largest absolute Gasteiger partial charge is 0.490 e. The molecule has 4 rings (SSSR count). The van der Waals surface area contributed by atoms with E-state index in [9.17, 15) is 18.0 Å². The van der Waals surface area contributed by atoms with Crippen LogP contribution in [0.25, 0.3) is 6.08 Å². The summed E-state index contributed by atoms with van der Waals surface area (Å²) in [6.07, 6.45) is 1.55. The van der Waals surface area contributed by atoms with Crippen molar-refractivity contribution in [1.82, 2.24) is 4.90 Å². The van der Waals surface area contributed by atoms with Gasteiger partial charge in [-0.2, -0.15) is 8.42 Å². The molecule has 0 aliphatic carbocycles. The van der Waals surface area contributed by atoms with Crippen LogP contribution in [-0.4, -0.2) is 37.6 Å². The first-order valence-corrected chi connectivity index (χ1v) is 13.1. The van der Waals surface area contributed by atoms with Crippen molar-refractivity contribution >= 4 is 62.3 Å². The second kappa shape index (κ2) is 10.7. The highest BCUT2D eigenvalue weighted by Gasteiger charge is 2.34. The van der Waals surface area contributed by atoms with E-state index in [2.05, 4.69) is 0 Å². The normalized spacial score (nSPS) is 15.0. The lowest BCUT2D eigenvalue weighted by atomic mass is 10.2. The zero-order valence-electron chi connectivity index (χ0n) is 17.9. The lowest BCUT2D eigenvalue weighted by Gasteiger charge is -2.13. The van der Waals surface area contributed by atoms with E-state index in [4.69, 9.17) is 32.1 Å².